The van der Waals surface area contributed by atoms with E-state index in [9.17, 15) is 4.39 Å². The smallest absolute Gasteiger partial charge is 0.127 e. The molecule has 0 aliphatic carbocycles. The first kappa shape index (κ1) is 11.0. The molecule has 0 fully saturated rings. The van der Waals surface area contributed by atoms with Crippen LogP contribution in [-0.2, 0) is 5.75 Å². The maximum absolute atomic E-state index is 13.3. The Labute approximate surface area is 98.5 Å². The van der Waals surface area contributed by atoms with Crippen LogP contribution < -0.4 is 5.73 Å². The average Bonchev–Trinajstić information content (AvgIpc) is 2.30. The standard InChI is InChI=1S/C13H12FNS/c14-13-4-2-1-3-10(13)9-16-12-7-5-11(15)6-8-12/h1-8H,9,15H2. The number of hydrogen-bond donors (Lipinski definition) is 1. The molecule has 0 saturated carbocycles. The van der Waals surface area contributed by atoms with Crippen LogP contribution in [0, 0.1) is 5.82 Å². The van der Waals surface area contributed by atoms with E-state index in [1.165, 1.54) is 6.07 Å². The average molecular weight is 233 g/mol. The van der Waals surface area contributed by atoms with E-state index in [2.05, 4.69) is 0 Å². The number of thioether (sulfide) groups is 1. The van der Waals surface area contributed by atoms with E-state index in [0.29, 0.717) is 5.75 Å². The van der Waals surface area contributed by atoms with Crippen molar-refractivity contribution >= 4 is 17.4 Å². The SMILES string of the molecule is Nc1ccc(SCc2ccccc2F)cc1. The van der Waals surface area contributed by atoms with Gasteiger partial charge in [-0.05, 0) is 35.9 Å². The third-order valence-electron chi connectivity index (χ3n) is 2.23. The van der Waals surface area contributed by atoms with Gasteiger partial charge in [0.25, 0.3) is 0 Å². The van der Waals surface area contributed by atoms with Crippen LogP contribution in [0.15, 0.2) is 53.4 Å². The predicted molar refractivity (Wildman–Crippen MR) is 66.8 cm³/mol. The highest BCUT2D eigenvalue weighted by molar-refractivity contribution is 7.98. The van der Waals surface area contributed by atoms with Crippen molar-refractivity contribution in [1.29, 1.82) is 0 Å². The van der Waals surface area contributed by atoms with Crippen LogP contribution in [0.1, 0.15) is 5.56 Å². The van der Waals surface area contributed by atoms with Crippen molar-refractivity contribution in [3.63, 3.8) is 0 Å². The molecule has 0 aromatic heterocycles. The minimum atomic E-state index is -0.148. The van der Waals surface area contributed by atoms with Crippen molar-refractivity contribution < 1.29 is 4.39 Å². The van der Waals surface area contributed by atoms with Gasteiger partial charge < -0.3 is 5.73 Å². The van der Waals surface area contributed by atoms with Crippen LogP contribution >= 0.6 is 11.8 Å². The Morgan fingerprint density at radius 2 is 1.69 bits per heavy atom. The minimum Gasteiger partial charge on any atom is -0.399 e. The van der Waals surface area contributed by atoms with Gasteiger partial charge in [0.05, 0.1) is 0 Å². The summed E-state index contributed by atoms with van der Waals surface area (Å²) in [5, 5.41) is 0. The first-order chi connectivity index (χ1) is 7.75. The van der Waals surface area contributed by atoms with Gasteiger partial charge in [0.1, 0.15) is 5.82 Å². The second kappa shape index (κ2) is 5.03. The lowest BCUT2D eigenvalue weighted by atomic mass is 10.2. The minimum absolute atomic E-state index is 0.148. The van der Waals surface area contributed by atoms with Crippen LogP contribution in [0.3, 0.4) is 0 Å². The van der Waals surface area contributed by atoms with Gasteiger partial charge in [-0.1, -0.05) is 18.2 Å². The molecule has 3 heteroatoms. The van der Waals surface area contributed by atoms with E-state index < -0.39 is 0 Å². The van der Waals surface area contributed by atoms with Crippen molar-refractivity contribution in [3.05, 3.63) is 59.9 Å². The molecule has 2 aromatic rings. The van der Waals surface area contributed by atoms with Gasteiger partial charge in [0, 0.05) is 16.3 Å². The zero-order valence-electron chi connectivity index (χ0n) is 8.69. The van der Waals surface area contributed by atoms with Crippen molar-refractivity contribution in [2.75, 3.05) is 5.73 Å². The molecule has 82 valence electrons. The number of anilines is 1. The molecule has 0 saturated heterocycles. The second-order valence-corrected chi connectivity index (χ2v) is 4.50. The van der Waals surface area contributed by atoms with Crippen LogP contribution in [0.4, 0.5) is 10.1 Å². The zero-order valence-corrected chi connectivity index (χ0v) is 9.51. The fourth-order valence-corrected chi connectivity index (χ4v) is 2.23. The topological polar surface area (TPSA) is 26.0 Å². The fraction of sp³-hybridized carbons (Fsp3) is 0.0769. The molecular formula is C13H12FNS. The summed E-state index contributed by atoms with van der Waals surface area (Å²) in [5.74, 6) is 0.488. The molecule has 0 aliphatic rings. The molecule has 0 radical (unpaired) electrons. The molecule has 2 N–H and O–H groups in total. The maximum Gasteiger partial charge on any atom is 0.127 e. The zero-order chi connectivity index (χ0) is 11.4. The van der Waals surface area contributed by atoms with Crippen LogP contribution in [0.5, 0.6) is 0 Å². The second-order valence-electron chi connectivity index (χ2n) is 3.45. The fourth-order valence-electron chi connectivity index (χ4n) is 1.34. The monoisotopic (exact) mass is 233 g/mol. The van der Waals surface area contributed by atoms with Crippen LogP contribution in [0.2, 0.25) is 0 Å². The number of nitrogen functional groups attached to an aromatic ring is 1. The van der Waals surface area contributed by atoms with E-state index in [-0.39, 0.29) is 5.82 Å². The quantitative estimate of drug-likeness (QED) is 0.646. The number of hydrogen-bond acceptors (Lipinski definition) is 2. The highest BCUT2D eigenvalue weighted by atomic mass is 32.2. The molecule has 0 amide bonds. The largest absolute Gasteiger partial charge is 0.399 e. The van der Waals surface area contributed by atoms with Crippen LogP contribution in [-0.4, -0.2) is 0 Å². The molecular weight excluding hydrogens is 221 g/mol. The summed E-state index contributed by atoms with van der Waals surface area (Å²) < 4.78 is 13.3. The maximum atomic E-state index is 13.3. The summed E-state index contributed by atoms with van der Waals surface area (Å²) in [7, 11) is 0. The van der Waals surface area contributed by atoms with E-state index in [4.69, 9.17) is 5.73 Å². The van der Waals surface area contributed by atoms with Crippen molar-refractivity contribution in [3.8, 4) is 0 Å². The highest BCUT2D eigenvalue weighted by Crippen LogP contribution is 2.24. The number of rotatable bonds is 3. The molecule has 0 heterocycles. The lowest BCUT2D eigenvalue weighted by Crippen LogP contribution is -1.87. The van der Waals surface area contributed by atoms with Crippen molar-refractivity contribution in [2.24, 2.45) is 0 Å². The Balaban J connectivity index is 2.02. The summed E-state index contributed by atoms with van der Waals surface area (Å²) in [6.45, 7) is 0. The molecule has 16 heavy (non-hydrogen) atoms. The van der Waals surface area contributed by atoms with Gasteiger partial charge >= 0.3 is 0 Å². The Morgan fingerprint density at radius 3 is 2.38 bits per heavy atom. The van der Waals surface area contributed by atoms with Crippen molar-refractivity contribution in [2.45, 2.75) is 10.6 Å². The summed E-state index contributed by atoms with van der Waals surface area (Å²) in [5.41, 5.74) is 7.06. The lowest BCUT2D eigenvalue weighted by Gasteiger charge is -2.03. The summed E-state index contributed by atoms with van der Waals surface area (Å²) in [6, 6.07) is 14.4. The highest BCUT2D eigenvalue weighted by Gasteiger charge is 2.01. The molecule has 0 spiro atoms. The Hall–Kier alpha value is -1.48. The van der Waals surface area contributed by atoms with Crippen LogP contribution in [0.25, 0.3) is 0 Å². The normalized spacial score (nSPS) is 10.3. The van der Waals surface area contributed by atoms with Gasteiger partial charge in [0.15, 0.2) is 0 Å². The first-order valence-corrected chi connectivity index (χ1v) is 5.96. The molecule has 0 unspecified atom stereocenters. The van der Waals surface area contributed by atoms with E-state index in [1.807, 2.05) is 30.3 Å². The molecule has 2 rings (SSSR count). The number of nitrogens with two attached hydrogens (primary N) is 1. The molecule has 0 bridgehead atoms. The van der Waals surface area contributed by atoms with Gasteiger partial charge in [-0.3, -0.25) is 0 Å². The molecule has 2 aromatic carbocycles. The summed E-state index contributed by atoms with van der Waals surface area (Å²) in [4.78, 5) is 1.09. The van der Waals surface area contributed by atoms with Gasteiger partial charge in [-0.15, -0.1) is 11.8 Å². The first-order valence-electron chi connectivity index (χ1n) is 4.97. The number of halogens is 1. The van der Waals surface area contributed by atoms with E-state index in [0.717, 1.165) is 16.1 Å². The van der Waals surface area contributed by atoms with Crippen molar-refractivity contribution in [1.82, 2.24) is 0 Å². The Morgan fingerprint density at radius 1 is 1.00 bits per heavy atom. The Bertz CT molecular complexity index is 468. The van der Waals surface area contributed by atoms with Gasteiger partial charge in [-0.25, -0.2) is 4.39 Å². The Kier molecular flexibility index (Phi) is 3.47. The summed E-state index contributed by atoms with van der Waals surface area (Å²) in [6.07, 6.45) is 0. The summed E-state index contributed by atoms with van der Waals surface area (Å²) >= 11 is 1.60. The van der Waals surface area contributed by atoms with E-state index >= 15 is 0 Å². The lowest BCUT2D eigenvalue weighted by molar-refractivity contribution is 0.617. The molecule has 0 atom stereocenters. The van der Waals surface area contributed by atoms with E-state index in [1.54, 1.807) is 23.9 Å². The molecule has 1 nitrogen and oxygen atoms in total. The van der Waals surface area contributed by atoms with Gasteiger partial charge in [-0.2, -0.15) is 0 Å². The van der Waals surface area contributed by atoms with Gasteiger partial charge in [0.2, 0.25) is 0 Å². The third kappa shape index (κ3) is 2.76. The number of benzene rings is 2. The molecule has 0 aliphatic heterocycles. The predicted octanol–water partition coefficient (Wildman–Crippen LogP) is 3.70. The third-order valence-corrected chi connectivity index (χ3v) is 3.29.